The summed E-state index contributed by atoms with van der Waals surface area (Å²) in [5.41, 5.74) is 2.75. The number of Topliss-reactive ketones (excluding diaryl/α,β-unsaturated/α-hetero) is 1. The van der Waals surface area contributed by atoms with Crippen molar-refractivity contribution in [2.45, 2.75) is 69.9 Å². The fourth-order valence-corrected chi connectivity index (χ4v) is 5.68. The average Bonchev–Trinajstić information content (AvgIpc) is 3.80. The lowest BCUT2D eigenvalue weighted by Crippen LogP contribution is -2.44. The average molecular weight is 621 g/mol. The number of oxime groups is 1. The van der Waals surface area contributed by atoms with Crippen LogP contribution in [0, 0.1) is 6.92 Å². The third-order valence-corrected chi connectivity index (χ3v) is 8.31. The van der Waals surface area contributed by atoms with Crippen molar-refractivity contribution in [3.63, 3.8) is 0 Å². The van der Waals surface area contributed by atoms with Crippen LogP contribution in [0.3, 0.4) is 0 Å². The lowest BCUT2D eigenvalue weighted by Gasteiger charge is -2.35. The van der Waals surface area contributed by atoms with E-state index in [1.807, 2.05) is 37.3 Å². The third-order valence-electron chi connectivity index (χ3n) is 8.31. The van der Waals surface area contributed by atoms with Gasteiger partial charge in [0.1, 0.15) is 23.6 Å². The second-order valence-corrected chi connectivity index (χ2v) is 11.6. The molecule has 4 aromatic rings. The maximum absolute atomic E-state index is 13.4. The SMILES string of the molecule is Cc1ccc2cc(-c3cnc([C@H](CCCCCC(=O)c4ncco4)NC(=O)C4=NOC5(CCN(C)CC5)C4)o3)ccc2n1.Cl. The van der Waals surface area contributed by atoms with Gasteiger partial charge in [0, 0.05) is 55.4 Å². The predicted molar refractivity (Wildman–Crippen MR) is 167 cm³/mol. The second-order valence-electron chi connectivity index (χ2n) is 11.6. The van der Waals surface area contributed by atoms with Gasteiger partial charge in [0.05, 0.1) is 17.9 Å². The van der Waals surface area contributed by atoms with E-state index < -0.39 is 11.6 Å². The predicted octanol–water partition coefficient (Wildman–Crippen LogP) is 5.84. The highest BCUT2D eigenvalue weighted by molar-refractivity contribution is 6.39. The van der Waals surface area contributed by atoms with Crippen LogP contribution in [0.25, 0.3) is 22.2 Å². The summed E-state index contributed by atoms with van der Waals surface area (Å²) < 4.78 is 11.3. The van der Waals surface area contributed by atoms with Crippen molar-refractivity contribution in [1.82, 2.24) is 25.2 Å². The van der Waals surface area contributed by atoms with Crippen molar-refractivity contribution < 1.29 is 23.3 Å². The zero-order chi connectivity index (χ0) is 29.8. The smallest absolute Gasteiger partial charge is 0.269 e. The van der Waals surface area contributed by atoms with Crippen molar-refractivity contribution in [2.75, 3.05) is 20.1 Å². The highest BCUT2D eigenvalue weighted by atomic mass is 35.5. The van der Waals surface area contributed by atoms with Crippen LogP contribution < -0.4 is 5.32 Å². The number of nitrogens with one attached hydrogen (secondary N) is 1. The Bertz CT molecular complexity index is 1630. The van der Waals surface area contributed by atoms with Crippen molar-refractivity contribution in [3.8, 4) is 11.3 Å². The van der Waals surface area contributed by atoms with E-state index in [9.17, 15) is 9.59 Å². The van der Waals surface area contributed by atoms with Crippen LogP contribution in [-0.4, -0.2) is 63.0 Å². The summed E-state index contributed by atoms with van der Waals surface area (Å²) in [4.78, 5) is 46.8. The minimum absolute atomic E-state index is 0. The van der Waals surface area contributed by atoms with Gasteiger partial charge in [0.25, 0.3) is 11.8 Å². The Balaban J connectivity index is 0.00000384. The van der Waals surface area contributed by atoms with Gasteiger partial charge in [0.2, 0.25) is 11.7 Å². The molecule has 0 unspecified atom stereocenters. The van der Waals surface area contributed by atoms with E-state index in [1.54, 1.807) is 6.20 Å². The van der Waals surface area contributed by atoms with Crippen molar-refractivity contribution in [3.05, 3.63) is 66.5 Å². The van der Waals surface area contributed by atoms with E-state index in [-0.39, 0.29) is 30.0 Å². The van der Waals surface area contributed by atoms with Crippen molar-refractivity contribution in [2.24, 2.45) is 5.16 Å². The van der Waals surface area contributed by atoms with Crippen molar-refractivity contribution >= 4 is 40.7 Å². The summed E-state index contributed by atoms with van der Waals surface area (Å²) in [5.74, 6) is 0.788. The maximum atomic E-state index is 13.4. The number of aryl methyl sites for hydroxylation is 1. The summed E-state index contributed by atoms with van der Waals surface area (Å²) >= 11 is 0. The van der Waals surface area contributed by atoms with Gasteiger partial charge in [-0.2, -0.15) is 0 Å². The number of amides is 1. The van der Waals surface area contributed by atoms with Gasteiger partial charge < -0.3 is 23.9 Å². The fourth-order valence-electron chi connectivity index (χ4n) is 5.68. The Hall–Kier alpha value is -4.09. The first kappa shape index (κ1) is 31.3. The number of carbonyl (C=O) groups excluding carboxylic acids is 2. The molecule has 1 atom stereocenters. The van der Waals surface area contributed by atoms with Gasteiger partial charge in [-0.15, -0.1) is 12.4 Å². The van der Waals surface area contributed by atoms with E-state index in [0.29, 0.717) is 43.0 Å². The van der Waals surface area contributed by atoms with Crippen LogP contribution in [0.2, 0.25) is 0 Å². The van der Waals surface area contributed by atoms with Crippen LogP contribution >= 0.6 is 12.4 Å². The topological polar surface area (TPSA) is 136 Å². The van der Waals surface area contributed by atoms with Gasteiger partial charge in [0.15, 0.2) is 5.76 Å². The van der Waals surface area contributed by atoms with E-state index in [0.717, 1.165) is 60.9 Å². The molecule has 44 heavy (non-hydrogen) atoms. The monoisotopic (exact) mass is 620 g/mol. The maximum Gasteiger partial charge on any atom is 0.269 e. The number of hydrogen-bond acceptors (Lipinski definition) is 10. The standard InChI is InChI=1S/C32H36N6O5.ClH/c1-21-8-9-22-18-23(10-11-24(22)35-21)28-20-34-30(42-28)25(6-4-3-5-7-27(39)31-33-14-17-41-31)36-29(40)26-19-32(43-37-26)12-15-38(2)16-13-32;/h8-11,14,17-18,20,25H,3-7,12-13,15-16,19H2,1-2H3,(H,36,40);1H/t25-;/m0./s1. The molecule has 0 saturated carbocycles. The molecule has 2 aliphatic heterocycles. The number of nitrogens with zero attached hydrogens (tertiary/aromatic N) is 5. The summed E-state index contributed by atoms with van der Waals surface area (Å²) in [6, 6.07) is 9.50. The molecule has 1 aromatic carbocycles. The number of halogens is 1. The highest BCUT2D eigenvalue weighted by Gasteiger charge is 2.43. The van der Waals surface area contributed by atoms with Gasteiger partial charge in [-0.1, -0.05) is 24.1 Å². The largest absolute Gasteiger partial charge is 0.442 e. The number of oxazole rings is 2. The number of pyridine rings is 1. The molecule has 1 amide bonds. The number of rotatable bonds is 11. The minimum Gasteiger partial charge on any atom is -0.442 e. The summed E-state index contributed by atoms with van der Waals surface area (Å²) in [6.07, 6.45) is 9.87. The Kier molecular flexibility index (Phi) is 9.75. The molecule has 232 valence electrons. The lowest BCUT2D eigenvalue weighted by atomic mass is 9.87. The van der Waals surface area contributed by atoms with E-state index >= 15 is 0 Å². The Morgan fingerprint density at radius 3 is 2.73 bits per heavy atom. The minimum atomic E-state index is -0.467. The molecule has 0 radical (unpaired) electrons. The number of hydrogen-bond donors (Lipinski definition) is 1. The van der Waals surface area contributed by atoms with E-state index in [1.165, 1.54) is 12.5 Å². The zero-order valence-corrected chi connectivity index (χ0v) is 25.8. The van der Waals surface area contributed by atoms with Gasteiger partial charge >= 0.3 is 0 Å². The van der Waals surface area contributed by atoms with Gasteiger partial charge in [-0.25, -0.2) is 9.97 Å². The van der Waals surface area contributed by atoms with Crippen LogP contribution in [0.1, 0.15) is 79.7 Å². The van der Waals surface area contributed by atoms with Crippen LogP contribution in [0.15, 0.2) is 63.0 Å². The summed E-state index contributed by atoms with van der Waals surface area (Å²) in [7, 11) is 2.09. The van der Waals surface area contributed by atoms with Crippen molar-refractivity contribution in [1.29, 1.82) is 0 Å². The summed E-state index contributed by atoms with van der Waals surface area (Å²) in [6.45, 7) is 3.79. The quantitative estimate of drug-likeness (QED) is 0.162. The number of carbonyl (C=O) groups is 2. The molecule has 3 aromatic heterocycles. The molecule has 11 nitrogen and oxygen atoms in total. The number of ketones is 1. The second kappa shape index (κ2) is 13.7. The first-order chi connectivity index (χ1) is 20.9. The highest BCUT2D eigenvalue weighted by Crippen LogP contribution is 2.35. The number of aromatic nitrogens is 3. The van der Waals surface area contributed by atoms with E-state index in [2.05, 4.69) is 37.4 Å². The van der Waals surface area contributed by atoms with Gasteiger partial charge in [-0.3, -0.25) is 14.6 Å². The lowest BCUT2D eigenvalue weighted by molar-refractivity contribution is -0.115. The number of benzene rings is 1. The number of unbranched alkanes of at least 4 members (excludes halogenated alkanes) is 2. The molecule has 0 bridgehead atoms. The third kappa shape index (κ3) is 7.16. The molecule has 5 heterocycles. The molecule has 1 N–H and O–H groups in total. The number of piperidine rings is 1. The number of fused-ring (bicyclic) bond motifs is 1. The molecule has 6 rings (SSSR count). The first-order valence-electron chi connectivity index (χ1n) is 14.9. The van der Waals surface area contributed by atoms with Crippen LogP contribution in [0.4, 0.5) is 0 Å². The Morgan fingerprint density at radius 1 is 1.09 bits per heavy atom. The summed E-state index contributed by atoms with van der Waals surface area (Å²) in [5, 5.41) is 8.32. The fraction of sp³-hybridized carbons (Fsp3) is 0.438. The molecule has 12 heteroatoms. The molecule has 0 aliphatic carbocycles. The molecular formula is C32H37ClN6O5. The van der Waals surface area contributed by atoms with Crippen LogP contribution in [-0.2, 0) is 9.63 Å². The van der Waals surface area contributed by atoms with E-state index in [4.69, 9.17) is 13.7 Å². The molecular weight excluding hydrogens is 584 g/mol. The Morgan fingerprint density at radius 2 is 1.93 bits per heavy atom. The van der Waals surface area contributed by atoms with Crippen LogP contribution in [0.5, 0.6) is 0 Å². The normalized spacial score (nSPS) is 16.7. The first-order valence-corrected chi connectivity index (χ1v) is 14.9. The van der Waals surface area contributed by atoms with Gasteiger partial charge in [-0.05, 0) is 51.1 Å². The molecule has 1 saturated heterocycles. The number of likely N-dealkylation sites (tertiary alicyclic amines) is 1. The zero-order valence-electron chi connectivity index (χ0n) is 25.0. The molecule has 1 fully saturated rings. The molecule has 2 aliphatic rings. The Labute approximate surface area is 261 Å². The molecule has 1 spiro atoms.